The molecule has 0 saturated heterocycles. The van der Waals surface area contributed by atoms with Crippen LogP contribution in [-0.4, -0.2) is 14.8 Å². The maximum atomic E-state index is 5.93. The van der Waals surface area contributed by atoms with E-state index in [1.165, 1.54) is 0 Å². The summed E-state index contributed by atoms with van der Waals surface area (Å²) < 4.78 is 2.91. The maximum absolute atomic E-state index is 5.93. The lowest BCUT2D eigenvalue weighted by atomic mass is 10.2. The molecule has 0 atom stereocenters. The van der Waals surface area contributed by atoms with Gasteiger partial charge in [-0.3, -0.25) is 9.67 Å². The van der Waals surface area contributed by atoms with E-state index >= 15 is 0 Å². The van der Waals surface area contributed by atoms with Crippen molar-refractivity contribution in [2.45, 2.75) is 6.54 Å². The van der Waals surface area contributed by atoms with Crippen LogP contribution in [0.4, 0.5) is 5.82 Å². The molecule has 3 rings (SSSR count). The molecule has 0 aliphatic carbocycles. The highest BCUT2D eigenvalue weighted by Crippen LogP contribution is 2.24. The van der Waals surface area contributed by atoms with E-state index in [9.17, 15) is 0 Å². The molecule has 0 amide bonds. The normalized spacial score (nSPS) is 10.9. The quantitative estimate of drug-likeness (QED) is 0.792. The van der Waals surface area contributed by atoms with Gasteiger partial charge in [0.2, 0.25) is 0 Å². The smallest absolute Gasteiger partial charge is 0.153 e. The van der Waals surface area contributed by atoms with Gasteiger partial charge >= 0.3 is 0 Å². The molecule has 2 N–H and O–H groups in total. The van der Waals surface area contributed by atoms with E-state index in [0.29, 0.717) is 12.4 Å². The van der Waals surface area contributed by atoms with Gasteiger partial charge in [-0.25, -0.2) is 0 Å². The number of rotatable bonds is 2. The number of hydrogen-bond acceptors (Lipinski definition) is 3. The summed E-state index contributed by atoms with van der Waals surface area (Å²) in [7, 11) is 0. The Morgan fingerprint density at radius 3 is 2.72 bits per heavy atom. The van der Waals surface area contributed by atoms with Crippen molar-refractivity contribution < 1.29 is 0 Å². The van der Waals surface area contributed by atoms with E-state index in [4.69, 9.17) is 5.73 Å². The summed E-state index contributed by atoms with van der Waals surface area (Å²) in [5, 5.41) is 5.35. The van der Waals surface area contributed by atoms with Gasteiger partial charge in [0.05, 0.1) is 12.1 Å². The molecule has 0 spiro atoms. The summed E-state index contributed by atoms with van der Waals surface area (Å²) in [6.45, 7) is 0.692. The molecule has 0 aliphatic heterocycles. The van der Waals surface area contributed by atoms with Gasteiger partial charge in [-0.05, 0) is 35.9 Å². The van der Waals surface area contributed by atoms with E-state index in [1.807, 2.05) is 35.0 Å². The maximum Gasteiger partial charge on any atom is 0.153 e. The van der Waals surface area contributed by atoms with Gasteiger partial charge in [0.25, 0.3) is 0 Å². The first-order valence-electron chi connectivity index (χ1n) is 5.54. The fourth-order valence-electron chi connectivity index (χ4n) is 1.96. The van der Waals surface area contributed by atoms with Crippen LogP contribution in [0, 0.1) is 0 Å². The number of benzene rings is 1. The zero-order valence-corrected chi connectivity index (χ0v) is 11.1. The third kappa shape index (κ3) is 1.97. The summed E-state index contributed by atoms with van der Waals surface area (Å²) in [5.74, 6) is 0.556. The van der Waals surface area contributed by atoms with Crippen LogP contribution in [0.3, 0.4) is 0 Å². The highest BCUT2D eigenvalue weighted by atomic mass is 79.9. The zero-order valence-electron chi connectivity index (χ0n) is 9.55. The summed E-state index contributed by atoms with van der Waals surface area (Å²) in [4.78, 5) is 4.01. The van der Waals surface area contributed by atoms with Crippen LogP contribution in [0.1, 0.15) is 5.56 Å². The van der Waals surface area contributed by atoms with Gasteiger partial charge in [0.15, 0.2) is 5.82 Å². The van der Waals surface area contributed by atoms with Gasteiger partial charge in [-0.15, -0.1) is 0 Å². The third-order valence-electron chi connectivity index (χ3n) is 2.82. The minimum atomic E-state index is 0.556. The molecule has 3 aromatic rings. The Balaban J connectivity index is 2.08. The van der Waals surface area contributed by atoms with Crippen molar-refractivity contribution in [1.29, 1.82) is 0 Å². The SMILES string of the molecule is Nc1nn(Cc2ccncc2)c2ccc(Br)cc12. The summed E-state index contributed by atoms with van der Waals surface area (Å²) in [6, 6.07) is 9.95. The van der Waals surface area contributed by atoms with Gasteiger partial charge < -0.3 is 5.73 Å². The molecule has 90 valence electrons. The van der Waals surface area contributed by atoms with Gasteiger partial charge in [-0.2, -0.15) is 5.10 Å². The number of nitrogen functional groups attached to an aromatic ring is 1. The number of nitrogens with zero attached hydrogens (tertiary/aromatic N) is 3. The molecule has 5 heteroatoms. The van der Waals surface area contributed by atoms with E-state index < -0.39 is 0 Å². The second-order valence-corrected chi connectivity index (χ2v) is 4.98. The summed E-state index contributed by atoms with van der Waals surface area (Å²) in [5.41, 5.74) is 8.12. The van der Waals surface area contributed by atoms with Crippen molar-refractivity contribution >= 4 is 32.7 Å². The average molecular weight is 303 g/mol. The first-order valence-corrected chi connectivity index (χ1v) is 6.34. The van der Waals surface area contributed by atoms with E-state index in [-0.39, 0.29) is 0 Å². The Morgan fingerprint density at radius 1 is 1.17 bits per heavy atom. The van der Waals surface area contributed by atoms with Crippen LogP contribution in [0.15, 0.2) is 47.2 Å². The molecule has 0 bridgehead atoms. The molecule has 1 aromatic carbocycles. The fourth-order valence-corrected chi connectivity index (χ4v) is 2.32. The largest absolute Gasteiger partial charge is 0.382 e. The van der Waals surface area contributed by atoms with Crippen LogP contribution in [0.2, 0.25) is 0 Å². The first-order chi connectivity index (χ1) is 8.74. The highest BCUT2D eigenvalue weighted by molar-refractivity contribution is 9.10. The molecule has 0 saturated carbocycles. The molecule has 4 nitrogen and oxygen atoms in total. The van der Waals surface area contributed by atoms with Crippen molar-refractivity contribution in [3.8, 4) is 0 Å². The number of anilines is 1. The Bertz CT molecular complexity index is 691. The summed E-state index contributed by atoms with van der Waals surface area (Å²) in [6.07, 6.45) is 3.56. The second kappa shape index (κ2) is 4.42. The lowest BCUT2D eigenvalue weighted by Crippen LogP contribution is -2.02. The Labute approximate surface area is 113 Å². The van der Waals surface area contributed by atoms with E-state index in [2.05, 4.69) is 26.0 Å². The number of nitrogens with two attached hydrogens (primary N) is 1. The van der Waals surface area contributed by atoms with Gasteiger partial charge in [0, 0.05) is 22.3 Å². The lowest BCUT2D eigenvalue weighted by Gasteiger charge is -2.03. The predicted octanol–water partition coefficient (Wildman–Crippen LogP) is 2.82. The topological polar surface area (TPSA) is 56.7 Å². The fraction of sp³-hybridized carbons (Fsp3) is 0.0769. The van der Waals surface area contributed by atoms with Crippen LogP contribution >= 0.6 is 15.9 Å². The molecule has 2 aromatic heterocycles. The Kier molecular flexibility index (Phi) is 2.76. The van der Waals surface area contributed by atoms with E-state index in [1.54, 1.807) is 12.4 Å². The summed E-state index contributed by atoms with van der Waals surface area (Å²) >= 11 is 3.44. The van der Waals surface area contributed by atoms with Crippen molar-refractivity contribution in [3.63, 3.8) is 0 Å². The molecular weight excluding hydrogens is 292 g/mol. The van der Waals surface area contributed by atoms with Crippen LogP contribution in [0.25, 0.3) is 10.9 Å². The van der Waals surface area contributed by atoms with Crippen LogP contribution in [-0.2, 0) is 6.54 Å². The molecule has 0 aliphatic rings. The third-order valence-corrected chi connectivity index (χ3v) is 3.32. The monoisotopic (exact) mass is 302 g/mol. The van der Waals surface area contributed by atoms with Crippen LogP contribution in [0.5, 0.6) is 0 Å². The molecule has 0 unspecified atom stereocenters. The predicted molar refractivity (Wildman–Crippen MR) is 75.2 cm³/mol. The Morgan fingerprint density at radius 2 is 1.94 bits per heavy atom. The van der Waals surface area contributed by atoms with Crippen LogP contribution < -0.4 is 5.73 Å². The van der Waals surface area contributed by atoms with Gasteiger partial charge in [-0.1, -0.05) is 15.9 Å². The van der Waals surface area contributed by atoms with Crippen molar-refractivity contribution in [2.24, 2.45) is 0 Å². The molecule has 0 radical (unpaired) electrons. The molecule has 18 heavy (non-hydrogen) atoms. The molecular formula is C13H11BrN4. The van der Waals surface area contributed by atoms with Gasteiger partial charge in [0.1, 0.15) is 0 Å². The average Bonchev–Trinajstić information content (AvgIpc) is 2.67. The molecule has 0 fully saturated rings. The Hall–Kier alpha value is -1.88. The standard InChI is InChI=1S/C13H11BrN4/c14-10-1-2-12-11(7-10)13(15)17-18(12)8-9-3-5-16-6-4-9/h1-7H,8H2,(H2,15,17). The number of hydrogen-bond donors (Lipinski definition) is 1. The van der Waals surface area contributed by atoms with Crippen molar-refractivity contribution in [2.75, 3.05) is 5.73 Å². The lowest BCUT2D eigenvalue weighted by molar-refractivity contribution is 0.715. The number of halogens is 1. The number of aromatic nitrogens is 3. The van der Waals surface area contributed by atoms with E-state index in [0.717, 1.165) is 20.9 Å². The van der Waals surface area contributed by atoms with Crippen molar-refractivity contribution in [1.82, 2.24) is 14.8 Å². The first kappa shape index (κ1) is 11.2. The number of fused-ring (bicyclic) bond motifs is 1. The number of pyridine rings is 1. The highest BCUT2D eigenvalue weighted by Gasteiger charge is 2.08. The minimum absolute atomic E-state index is 0.556. The molecule has 2 heterocycles. The second-order valence-electron chi connectivity index (χ2n) is 4.06. The zero-order chi connectivity index (χ0) is 12.5. The minimum Gasteiger partial charge on any atom is -0.382 e. The van der Waals surface area contributed by atoms with Crippen molar-refractivity contribution in [3.05, 3.63) is 52.8 Å².